The van der Waals surface area contributed by atoms with Crippen molar-refractivity contribution >= 4 is 35.2 Å². The van der Waals surface area contributed by atoms with E-state index in [2.05, 4.69) is 4.74 Å². The predicted molar refractivity (Wildman–Crippen MR) is 88.4 cm³/mol. The van der Waals surface area contributed by atoms with Gasteiger partial charge in [-0.15, -0.1) is 0 Å². The molecule has 24 heavy (non-hydrogen) atoms. The second-order valence-corrected chi connectivity index (χ2v) is 5.25. The lowest BCUT2D eigenvalue weighted by Crippen LogP contribution is -2.55. The third kappa shape index (κ3) is 3.59. The van der Waals surface area contributed by atoms with Crippen LogP contribution in [0.1, 0.15) is 19.4 Å². The van der Waals surface area contributed by atoms with Crippen LogP contribution in [0.25, 0.3) is 6.08 Å². The number of alkyl halides is 2. The maximum absolute atomic E-state index is 12.5. The van der Waals surface area contributed by atoms with Crippen LogP contribution in [-0.4, -0.2) is 46.4 Å². The van der Waals surface area contributed by atoms with Crippen LogP contribution < -0.4 is 4.74 Å². The number of thiocarbonyl (C=S) groups is 1. The molecule has 1 saturated heterocycles. The quantitative estimate of drug-likeness (QED) is 0.463. The van der Waals surface area contributed by atoms with Crippen molar-refractivity contribution < 1.29 is 23.1 Å². The molecule has 1 heterocycles. The van der Waals surface area contributed by atoms with E-state index in [1.165, 1.54) is 40.1 Å². The van der Waals surface area contributed by atoms with Crippen molar-refractivity contribution in [1.82, 2.24) is 9.80 Å². The normalized spacial score (nSPS) is 15.4. The molecular formula is C16H16F2N2O3S. The van der Waals surface area contributed by atoms with Crippen LogP contribution in [-0.2, 0) is 9.59 Å². The van der Waals surface area contributed by atoms with Crippen molar-refractivity contribution in [3.8, 4) is 5.75 Å². The molecule has 1 aromatic carbocycles. The van der Waals surface area contributed by atoms with Gasteiger partial charge in [-0.3, -0.25) is 19.4 Å². The van der Waals surface area contributed by atoms with Gasteiger partial charge in [-0.2, -0.15) is 8.78 Å². The van der Waals surface area contributed by atoms with Crippen LogP contribution >= 0.6 is 12.2 Å². The first-order valence-corrected chi connectivity index (χ1v) is 7.74. The van der Waals surface area contributed by atoms with E-state index >= 15 is 0 Å². The molecule has 0 aliphatic carbocycles. The second kappa shape index (κ2) is 7.48. The van der Waals surface area contributed by atoms with Gasteiger partial charge in [0.05, 0.1) is 0 Å². The first-order chi connectivity index (χ1) is 11.4. The molecule has 1 fully saturated rings. The van der Waals surface area contributed by atoms with E-state index in [0.29, 0.717) is 18.7 Å². The molecule has 8 heteroatoms. The Balaban J connectivity index is 2.34. The third-order valence-corrected chi connectivity index (χ3v) is 3.90. The zero-order chi connectivity index (χ0) is 17.9. The van der Waals surface area contributed by atoms with Crippen molar-refractivity contribution in [3.63, 3.8) is 0 Å². The minimum absolute atomic E-state index is 0.00000514. The van der Waals surface area contributed by atoms with Crippen LogP contribution in [0, 0.1) is 0 Å². The summed E-state index contributed by atoms with van der Waals surface area (Å²) in [7, 11) is 0. The highest BCUT2D eigenvalue weighted by atomic mass is 32.1. The fourth-order valence-corrected chi connectivity index (χ4v) is 2.72. The standard InChI is InChI=1S/C16H16F2N2O3S/c1-3-19-13(21)12(14(22)20(4-2)16(19)24)9-10-5-7-11(8-6-10)23-15(17)18/h5-9,15H,3-4H2,1-2H3. The van der Waals surface area contributed by atoms with Crippen LogP contribution in [0.5, 0.6) is 5.75 Å². The summed E-state index contributed by atoms with van der Waals surface area (Å²) < 4.78 is 28.6. The van der Waals surface area contributed by atoms with E-state index in [0.717, 1.165) is 0 Å². The minimum Gasteiger partial charge on any atom is -0.435 e. The molecule has 0 N–H and O–H groups in total. The van der Waals surface area contributed by atoms with E-state index in [4.69, 9.17) is 12.2 Å². The van der Waals surface area contributed by atoms with Crippen molar-refractivity contribution in [2.45, 2.75) is 20.5 Å². The highest BCUT2D eigenvalue weighted by Crippen LogP contribution is 2.22. The summed E-state index contributed by atoms with van der Waals surface area (Å²) in [6, 6.07) is 5.67. The fraction of sp³-hybridized carbons (Fsp3) is 0.312. The highest BCUT2D eigenvalue weighted by molar-refractivity contribution is 7.80. The molecule has 2 rings (SSSR count). The number of nitrogens with zero attached hydrogens (tertiary/aromatic N) is 2. The smallest absolute Gasteiger partial charge is 0.387 e. The summed E-state index contributed by atoms with van der Waals surface area (Å²) in [5.41, 5.74) is 0.503. The van der Waals surface area contributed by atoms with Crippen LogP contribution in [0.3, 0.4) is 0 Å². The van der Waals surface area contributed by atoms with Gasteiger partial charge in [0.1, 0.15) is 11.3 Å². The topological polar surface area (TPSA) is 49.9 Å². The Morgan fingerprint density at radius 3 is 2.00 bits per heavy atom. The van der Waals surface area contributed by atoms with Gasteiger partial charge in [0.15, 0.2) is 5.11 Å². The number of amides is 2. The highest BCUT2D eigenvalue weighted by Gasteiger charge is 2.37. The van der Waals surface area contributed by atoms with Crippen molar-refractivity contribution in [1.29, 1.82) is 0 Å². The summed E-state index contributed by atoms with van der Waals surface area (Å²) in [4.78, 5) is 27.6. The molecule has 1 aliphatic heterocycles. The van der Waals surface area contributed by atoms with Gasteiger partial charge in [0.25, 0.3) is 11.8 Å². The van der Waals surface area contributed by atoms with Gasteiger partial charge >= 0.3 is 6.61 Å². The van der Waals surface area contributed by atoms with E-state index in [9.17, 15) is 18.4 Å². The Kier molecular flexibility index (Phi) is 5.61. The number of hydrogen-bond acceptors (Lipinski definition) is 4. The van der Waals surface area contributed by atoms with E-state index in [1.54, 1.807) is 13.8 Å². The van der Waals surface area contributed by atoms with E-state index in [-0.39, 0.29) is 16.4 Å². The van der Waals surface area contributed by atoms with Gasteiger partial charge in [-0.1, -0.05) is 12.1 Å². The number of likely N-dealkylation sites (N-methyl/N-ethyl adjacent to an activating group) is 2. The van der Waals surface area contributed by atoms with Crippen LogP contribution in [0.2, 0.25) is 0 Å². The maximum Gasteiger partial charge on any atom is 0.387 e. The number of halogens is 2. The van der Waals surface area contributed by atoms with Gasteiger partial charge in [-0.05, 0) is 49.8 Å². The van der Waals surface area contributed by atoms with Crippen LogP contribution in [0.4, 0.5) is 8.78 Å². The lowest BCUT2D eigenvalue weighted by molar-refractivity contribution is -0.133. The lowest BCUT2D eigenvalue weighted by Gasteiger charge is -2.35. The van der Waals surface area contributed by atoms with Gasteiger partial charge in [-0.25, -0.2) is 0 Å². The maximum atomic E-state index is 12.5. The molecule has 1 aliphatic rings. The molecule has 1 aromatic rings. The first kappa shape index (κ1) is 18.0. The molecule has 5 nitrogen and oxygen atoms in total. The zero-order valence-corrected chi connectivity index (χ0v) is 14.0. The Hall–Kier alpha value is -2.35. The number of ether oxygens (including phenoxy) is 1. The fourth-order valence-electron chi connectivity index (χ4n) is 2.30. The molecule has 0 saturated carbocycles. The number of hydrogen-bond donors (Lipinski definition) is 0. The minimum atomic E-state index is -2.91. The van der Waals surface area contributed by atoms with Crippen molar-refractivity contribution in [3.05, 3.63) is 35.4 Å². The summed E-state index contributed by atoms with van der Waals surface area (Å²) in [5, 5.41) is 0.188. The molecule has 0 bridgehead atoms. The van der Waals surface area contributed by atoms with Crippen molar-refractivity contribution in [2.24, 2.45) is 0 Å². The molecular weight excluding hydrogens is 338 g/mol. The SMILES string of the molecule is CCN1C(=O)C(=Cc2ccc(OC(F)F)cc2)C(=O)N(CC)C1=S. The lowest BCUT2D eigenvalue weighted by atomic mass is 10.1. The van der Waals surface area contributed by atoms with Crippen molar-refractivity contribution in [2.75, 3.05) is 13.1 Å². The summed E-state index contributed by atoms with van der Waals surface area (Å²) in [5.74, 6) is -0.935. The summed E-state index contributed by atoms with van der Waals surface area (Å²) >= 11 is 5.17. The number of benzene rings is 1. The van der Waals surface area contributed by atoms with Crippen LogP contribution in [0.15, 0.2) is 29.8 Å². The molecule has 0 unspecified atom stereocenters. The first-order valence-electron chi connectivity index (χ1n) is 7.33. The van der Waals surface area contributed by atoms with Gasteiger partial charge in [0, 0.05) is 13.1 Å². The summed E-state index contributed by atoms with van der Waals surface area (Å²) in [6.45, 7) is 1.32. The molecule has 0 spiro atoms. The number of carbonyl (C=O) groups excluding carboxylic acids is 2. The average Bonchev–Trinajstić information content (AvgIpc) is 2.53. The Bertz CT molecular complexity index is 661. The van der Waals surface area contributed by atoms with Gasteiger partial charge < -0.3 is 4.74 Å². The monoisotopic (exact) mass is 354 g/mol. The Morgan fingerprint density at radius 2 is 1.58 bits per heavy atom. The largest absolute Gasteiger partial charge is 0.435 e. The Morgan fingerprint density at radius 1 is 1.08 bits per heavy atom. The van der Waals surface area contributed by atoms with Gasteiger partial charge in [0.2, 0.25) is 0 Å². The summed E-state index contributed by atoms with van der Waals surface area (Å²) in [6.07, 6.45) is 1.42. The average molecular weight is 354 g/mol. The van der Waals surface area contributed by atoms with E-state index in [1.807, 2.05) is 0 Å². The third-order valence-electron chi connectivity index (χ3n) is 3.46. The second-order valence-electron chi connectivity index (χ2n) is 4.89. The predicted octanol–water partition coefficient (Wildman–Crippen LogP) is 2.67. The molecule has 0 atom stereocenters. The molecule has 128 valence electrons. The number of carbonyl (C=O) groups is 2. The molecule has 0 aromatic heterocycles. The van der Waals surface area contributed by atoms with E-state index < -0.39 is 18.4 Å². The molecule has 2 amide bonds. The number of rotatable bonds is 5. The zero-order valence-electron chi connectivity index (χ0n) is 13.2. The Labute approximate surface area is 143 Å². The molecule has 0 radical (unpaired) electrons.